The van der Waals surface area contributed by atoms with Gasteiger partial charge in [0.05, 0.1) is 34.8 Å². The monoisotopic (exact) mass is 606 g/mol. The van der Waals surface area contributed by atoms with Gasteiger partial charge in [-0.2, -0.15) is 13.8 Å². The van der Waals surface area contributed by atoms with Crippen LogP contribution in [0.25, 0.3) is 39.2 Å². The maximum atomic E-state index is 14.6. The van der Waals surface area contributed by atoms with Crippen molar-refractivity contribution in [1.29, 1.82) is 0 Å². The second-order valence-electron chi connectivity index (χ2n) is 11.4. The van der Waals surface area contributed by atoms with Crippen molar-refractivity contribution < 1.29 is 13.6 Å². The van der Waals surface area contributed by atoms with Gasteiger partial charge in [0.1, 0.15) is 23.2 Å². The van der Waals surface area contributed by atoms with Gasteiger partial charge in [-0.05, 0) is 43.2 Å². The van der Waals surface area contributed by atoms with Crippen molar-refractivity contribution in [3.63, 3.8) is 0 Å². The number of aryl methyl sites for hydroxylation is 1. The standard InChI is InChI=1S/C32H28F2N10O/c1-41-12-4-13-42-18-37-23-7-2-5-20(28(23)42)22-6-3-8-27(39-22)38-19-15-24(32(41)45)44(17-19)31-25-16-36-30(43(25)14-11-35-31)21-9-10-26(33)40-29(21)34/h2-3,5-11,14,16,18-19,24H,4,12-13,15,17H2,1H3,(H,38,39)/t19-,24-/m0/s1. The smallest absolute Gasteiger partial charge is 0.245 e. The summed E-state index contributed by atoms with van der Waals surface area (Å²) >= 11 is 0. The van der Waals surface area contributed by atoms with Gasteiger partial charge >= 0.3 is 0 Å². The molecule has 6 aromatic rings. The normalized spacial score (nSPS) is 18.7. The number of aromatic nitrogens is 7. The summed E-state index contributed by atoms with van der Waals surface area (Å²) in [4.78, 5) is 39.9. The van der Waals surface area contributed by atoms with Gasteiger partial charge < -0.3 is 19.7 Å². The summed E-state index contributed by atoms with van der Waals surface area (Å²) in [5.74, 6) is -0.382. The molecule has 2 aliphatic rings. The summed E-state index contributed by atoms with van der Waals surface area (Å²) in [7, 11) is 1.83. The van der Waals surface area contributed by atoms with Crippen LogP contribution < -0.4 is 10.2 Å². The zero-order chi connectivity index (χ0) is 30.7. The molecule has 8 rings (SSSR count). The molecule has 2 aliphatic heterocycles. The topological polar surface area (TPSA) is 109 Å². The predicted octanol–water partition coefficient (Wildman–Crippen LogP) is 4.40. The van der Waals surface area contributed by atoms with E-state index in [-0.39, 0.29) is 23.3 Å². The number of fused-ring (bicyclic) bond motifs is 6. The molecule has 45 heavy (non-hydrogen) atoms. The molecule has 7 heterocycles. The average molecular weight is 607 g/mol. The number of likely N-dealkylation sites (N-methyl/N-ethyl adjacent to an activating group) is 1. The summed E-state index contributed by atoms with van der Waals surface area (Å²) in [6.07, 6.45) is 7.95. The minimum Gasteiger partial charge on any atom is -0.365 e. The third-order valence-electron chi connectivity index (χ3n) is 8.64. The zero-order valence-electron chi connectivity index (χ0n) is 24.3. The first-order valence-electron chi connectivity index (χ1n) is 14.8. The highest BCUT2D eigenvalue weighted by molar-refractivity contribution is 5.91. The lowest BCUT2D eigenvalue weighted by atomic mass is 10.1. The molecule has 11 nitrogen and oxygen atoms in total. The molecule has 0 spiro atoms. The number of halogens is 2. The summed E-state index contributed by atoms with van der Waals surface area (Å²) < 4.78 is 32.0. The van der Waals surface area contributed by atoms with Crippen molar-refractivity contribution in [3.05, 3.63) is 85.3 Å². The predicted molar refractivity (Wildman–Crippen MR) is 165 cm³/mol. The van der Waals surface area contributed by atoms with Crippen molar-refractivity contribution in [2.24, 2.45) is 0 Å². The van der Waals surface area contributed by atoms with Crippen LogP contribution >= 0.6 is 0 Å². The lowest BCUT2D eigenvalue weighted by Gasteiger charge is -2.29. The Morgan fingerprint density at radius 2 is 1.84 bits per heavy atom. The van der Waals surface area contributed by atoms with Crippen LogP contribution in [-0.4, -0.2) is 76.9 Å². The first kappa shape index (κ1) is 27.1. The molecule has 4 bridgehead atoms. The molecule has 0 radical (unpaired) electrons. The van der Waals surface area contributed by atoms with Crippen LogP contribution in [0, 0.1) is 11.9 Å². The number of hydrogen-bond acceptors (Lipinski definition) is 8. The largest absolute Gasteiger partial charge is 0.365 e. The minimum absolute atomic E-state index is 0.0237. The summed E-state index contributed by atoms with van der Waals surface area (Å²) in [6, 6.07) is 13.7. The molecule has 226 valence electrons. The third kappa shape index (κ3) is 4.62. The van der Waals surface area contributed by atoms with E-state index in [1.165, 1.54) is 6.07 Å². The molecular weight excluding hydrogens is 578 g/mol. The molecule has 1 N–H and O–H groups in total. The van der Waals surface area contributed by atoms with Crippen molar-refractivity contribution in [2.45, 2.75) is 31.5 Å². The van der Waals surface area contributed by atoms with Gasteiger partial charge in [0, 0.05) is 50.7 Å². The Morgan fingerprint density at radius 1 is 0.956 bits per heavy atom. The van der Waals surface area contributed by atoms with Gasteiger partial charge in [-0.1, -0.05) is 18.2 Å². The minimum atomic E-state index is -0.956. The number of imidazole rings is 2. The Bertz CT molecular complexity index is 2090. The SMILES string of the molecule is CN1CCCn2cnc3cccc(c32)-c2cccc(n2)N[C@H]2C[C@@H](C1=O)N(c1nccn3c(-c4ccc(F)nc4F)ncc13)C2. The van der Waals surface area contributed by atoms with Crippen LogP contribution in [0.15, 0.2) is 73.4 Å². The fourth-order valence-electron chi connectivity index (χ4n) is 6.54. The number of amides is 1. The number of nitrogens with zero attached hydrogens (tertiary/aromatic N) is 9. The number of anilines is 2. The fourth-order valence-corrected chi connectivity index (χ4v) is 6.54. The van der Waals surface area contributed by atoms with Crippen LogP contribution in [0.2, 0.25) is 0 Å². The molecule has 1 fully saturated rings. The van der Waals surface area contributed by atoms with Crippen molar-refractivity contribution in [3.8, 4) is 22.6 Å². The first-order valence-corrected chi connectivity index (χ1v) is 14.8. The molecule has 2 atom stereocenters. The van der Waals surface area contributed by atoms with E-state index in [4.69, 9.17) is 4.98 Å². The lowest BCUT2D eigenvalue weighted by Crippen LogP contribution is -2.45. The highest BCUT2D eigenvalue weighted by atomic mass is 19.1. The molecule has 1 saturated heterocycles. The van der Waals surface area contributed by atoms with E-state index >= 15 is 0 Å². The first-order chi connectivity index (χ1) is 21.9. The summed E-state index contributed by atoms with van der Waals surface area (Å²) in [5.41, 5.74) is 4.41. The van der Waals surface area contributed by atoms with Gasteiger partial charge in [0.15, 0.2) is 5.82 Å². The fraction of sp³-hybridized carbons (Fsp3) is 0.250. The lowest BCUT2D eigenvalue weighted by molar-refractivity contribution is -0.131. The molecule has 0 saturated carbocycles. The number of hydrogen-bond donors (Lipinski definition) is 1. The maximum Gasteiger partial charge on any atom is 0.245 e. The molecule has 5 aromatic heterocycles. The van der Waals surface area contributed by atoms with Crippen molar-refractivity contribution in [1.82, 2.24) is 38.8 Å². The van der Waals surface area contributed by atoms with Crippen LogP contribution in [-0.2, 0) is 11.3 Å². The van der Waals surface area contributed by atoms with E-state index in [1.54, 1.807) is 27.9 Å². The zero-order valence-corrected chi connectivity index (χ0v) is 24.3. The van der Waals surface area contributed by atoms with Crippen LogP contribution in [0.4, 0.5) is 20.4 Å². The van der Waals surface area contributed by atoms with E-state index in [0.717, 1.165) is 34.8 Å². The number of nitrogens with one attached hydrogen (secondary N) is 1. The van der Waals surface area contributed by atoms with E-state index < -0.39 is 17.9 Å². The van der Waals surface area contributed by atoms with E-state index in [1.807, 2.05) is 48.6 Å². The van der Waals surface area contributed by atoms with E-state index in [2.05, 4.69) is 35.9 Å². The van der Waals surface area contributed by atoms with Crippen LogP contribution in [0.1, 0.15) is 12.8 Å². The highest BCUT2D eigenvalue weighted by Gasteiger charge is 2.40. The van der Waals surface area contributed by atoms with Crippen molar-refractivity contribution >= 4 is 34.1 Å². The van der Waals surface area contributed by atoms with Crippen LogP contribution in [0.5, 0.6) is 0 Å². The Kier molecular flexibility index (Phi) is 6.39. The molecule has 1 amide bonds. The molecular formula is C32H28F2N10O. The number of carbonyl (C=O) groups excluding carboxylic acids is 1. The second-order valence-corrected chi connectivity index (χ2v) is 11.4. The Labute approximate surface area is 256 Å². The number of para-hydroxylation sites is 1. The van der Waals surface area contributed by atoms with Crippen LogP contribution in [0.3, 0.4) is 0 Å². The maximum absolute atomic E-state index is 14.6. The molecule has 0 aliphatic carbocycles. The van der Waals surface area contributed by atoms with Gasteiger partial charge in [-0.25, -0.2) is 19.9 Å². The van der Waals surface area contributed by atoms with E-state index in [0.29, 0.717) is 43.2 Å². The number of rotatable bonds is 2. The van der Waals surface area contributed by atoms with Gasteiger partial charge in [-0.3, -0.25) is 9.20 Å². The summed E-state index contributed by atoms with van der Waals surface area (Å²) in [5, 5.41) is 3.57. The molecule has 1 aromatic carbocycles. The Balaban J connectivity index is 1.19. The van der Waals surface area contributed by atoms with Gasteiger partial charge in [0.25, 0.3) is 0 Å². The third-order valence-corrected chi connectivity index (χ3v) is 8.64. The highest BCUT2D eigenvalue weighted by Crippen LogP contribution is 2.33. The van der Waals surface area contributed by atoms with E-state index in [9.17, 15) is 13.6 Å². The Morgan fingerprint density at radius 3 is 2.73 bits per heavy atom. The Hall–Kier alpha value is -5.46. The number of benzene rings is 1. The van der Waals surface area contributed by atoms with Crippen molar-refractivity contribution in [2.75, 3.05) is 30.4 Å². The van der Waals surface area contributed by atoms with Gasteiger partial charge in [0.2, 0.25) is 17.8 Å². The quantitative estimate of drug-likeness (QED) is 0.289. The molecule has 13 heteroatoms. The number of pyridine rings is 2. The average Bonchev–Trinajstić information content (AvgIpc) is 3.78. The summed E-state index contributed by atoms with van der Waals surface area (Å²) in [6.45, 7) is 1.72. The number of carbonyl (C=O) groups is 1. The second kappa shape index (κ2) is 10.6. The van der Waals surface area contributed by atoms with Gasteiger partial charge in [-0.15, -0.1) is 0 Å². The molecule has 0 unspecified atom stereocenters.